The molecule has 4 N–H and O–H groups in total. The molecule has 1 aliphatic carbocycles. The van der Waals surface area contributed by atoms with Crippen LogP contribution in [0.1, 0.15) is 53.9 Å². The number of rotatable bonds is 2. The number of hydrogen-bond donors (Lipinski definition) is 3. The maximum atomic E-state index is 14.1. The highest BCUT2D eigenvalue weighted by molar-refractivity contribution is 6.20. The van der Waals surface area contributed by atoms with Crippen LogP contribution in [-0.2, 0) is 5.41 Å². The molecule has 0 bridgehead atoms. The Kier molecular flexibility index (Phi) is 3.96. The Labute approximate surface area is 168 Å². The zero-order chi connectivity index (χ0) is 20.3. The average molecular weight is 393 g/mol. The van der Waals surface area contributed by atoms with E-state index in [1.165, 1.54) is 6.07 Å². The Hall–Kier alpha value is -2.86. The summed E-state index contributed by atoms with van der Waals surface area (Å²) in [6, 6.07) is 8.60. The van der Waals surface area contributed by atoms with E-state index >= 15 is 0 Å². The molecule has 5 rings (SSSR count). The van der Waals surface area contributed by atoms with Crippen LogP contribution >= 0.6 is 0 Å². The second-order valence-electron chi connectivity index (χ2n) is 8.52. The van der Waals surface area contributed by atoms with E-state index in [1.807, 2.05) is 18.2 Å². The second-order valence-corrected chi connectivity index (χ2v) is 8.52. The lowest BCUT2D eigenvalue weighted by Gasteiger charge is -2.33. The van der Waals surface area contributed by atoms with Gasteiger partial charge in [0.15, 0.2) is 5.78 Å². The van der Waals surface area contributed by atoms with Crippen molar-refractivity contribution in [2.75, 3.05) is 18.8 Å². The van der Waals surface area contributed by atoms with Crippen LogP contribution < -0.4 is 15.8 Å². The summed E-state index contributed by atoms with van der Waals surface area (Å²) < 4.78 is 20.3. The molecule has 2 heterocycles. The van der Waals surface area contributed by atoms with E-state index in [0.29, 0.717) is 22.0 Å². The molecule has 1 aliphatic heterocycles. The maximum absolute atomic E-state index is 14.1. The molecule has 29 heavy (non-hydrogen) atoms. The molecule has 6 heteroatoms. The number of ether oxygens (including phenoxy) is 1. The van der Waals surface area contributed by atoms with Gasteiger partial charge in [-0.1, -0.05) is 13.8 Å². The first kappa shape index (κ1) is 18.2. The van der Waals surface area contributed by atoms with Crippen molar-refractivity contribution in [1.82, 2.24) is 10.3 Å². The summed E-state index contributed by atoms with van der Waals surface area (Å²) in [6.07, 6.45) is 2.13. The van der Waals surface area contributed by atoms with Crippen molar-refractivity contribution in [3.8, 4) is 5.75 Å². The second kappa shape index (κ2) is 6.32. The van der Waals surface area contributed by atoms with Gasteiger partial charge in [0.05, 0.1) is 11.3 Å². The molecule has 0 radical (unpaired) electrons. The van der Waals surface area contributed by atoms with Crippen molar-refractivity contribution >= 4 is 22.4 Å². The number of nitrogens with one attached hydrogen (secondary N) is 2. The number of aromatic nitrogens is 1. The lowest BCUT2D eigenvalue weighted by molar-refractivity contribution is 0.103. The lowest BCUT2D eigenvalue weighted by Crippen LogP contribution is -2.34. The van der Waals surface area contributed by atoms with Crippen LogP contribution in [0.3, 0.4) is 0 Å². The number of hydrogen-bond acceptors (Lipinski definition) is 4. The standard InChI is InChI=1S/C23H24FN3O2/c1-23(2)16-9-13(29-12-5-7-26-8-6-12)3-4-14(16)21(28)20-15-10-17(24)18(25)11-19(15)27-22(20)23/h3-4,9-12,26-27H,5-8,25H2,1-2H3. The number of H-pyrrole nitrogens is 1. The summed E-state index contributed by atoms with van der Waals surface area (Å²) in [5.74, 6) is 0.172. The van der Waals surface area contributed by atoms with Gasteiger partial charge in [-0.2, -0.15) is 0 Å². The maximum Gasteiger partial charge on any atom is 0.195 e. The van der Waals surface area contributed by atoms with Gasteiger partial charge in [-0.15, -0.1) is 0 Å². The van der Waals surface area contributed by atoms with Crippen molar-refractivity contribution in [2.45, 2.75) is 38.2 Å². The summed E-state index contributed by atoms with van der Waals surface area (Å²) in [5.41, 5.74) is 8.89. The highest BCUT2D eigenvalue weighted by Crippen LogP contribution is 2.45. The number of nitrogen functional groups attached to an aromatic ring is 1. The van der Waals surface area contributed by atoms with E-state index in [2.05, 4.69) is 24.1 Å². The van der Waals surface area contributed by atoms with E-state index in [1.54, 1.807) is 6.07 Å². The molecule has 2 aliphatic rings. The van der Waals surface area contributed by atoms with E-state index in [-0.39, 0.29) is 17.6 Å². The zero-order valence-electron chi connectivity index (χ0n) is 16.6. The first-order valence-corrected chi connectivity index (χ1v) is 10.0. The van der Waals surface area contributed by atoms with Gasteiger partial charge in [0.1, 0.15) is 17.7 Å². The van der Waals surface area contributed by atoms with Crippen molar-refractivity contribution in [3.05, 3.63) is 58.5 Å². The molecule has 0 unspecified atom stereocenters. The van der Waals surface area contributed by atoms with E-state index < -0.39 is 11.2 Å². The fraction of sp³-hybridized carbons (Fsp3) is 0.348. The fourth-order valence-electron chi connectivity index (χ4n) is 4.62. The fourth-order valence-corrected chi connectivity index (χ4v) is 4.62. The van der Waals surface area contributed by atoms with Crippen LogP contribution in [0, 0.1) is 5.82 Å². The van der Waals surface area contributed by atoms with Crippen LogP contribution in [0.5, 0.6) is 5.75 Å². The topological polar surface area (TPSA) is 80.1 Å². The van der Waals surface area contributed by atoms with Gasteiger partial charge in [-0.05, 0) is 61.8 Å². The van der Waals surface area contributed by atoms with Crippen LogP contribution in [0.4, 0.5) is 10.1 Å². The Morgan fingerprint density at radius 2 is 1.93 bits per heavy atom. The van der Waals surface area contributed by atoms with Crippen LogP contribution in [0.25, 0.3) is 10.9 Å². The SMILES string of the molecule is CC1(C)c2cc(OC3CCNCC3)ccc2C(=O)c2c1[nH]c1cc(N)c(F)cc21. The number of piperidine rings is 1. The number of carbonyl (C=O) groups is 1. The number of carbonyl (C=O) groups excluding carboxylic acids is 1. The van der Waals surface area contributed by atoms with Crippen molar-refractivity contribution in [2.24, 2.45) is 0 Å². The average Bonchev–Trinajstić information content (AvgIpc) is 3.07. The predicted octanol–water partition coefficient (Wildman–Crippen LogP) is 3.89. The number of halogens is 1. The Balaban J connectivity index is 1.62. The van der Waals surface area contributed by atoms with Gasteiger partial charge in [0, 0.05) is 27.6 Å². The minimum atomic E-state index is -0.513. The number of aromatic amines is 1. The number of anilines is 1. The highest BCUT2D eigenvalue weighted by Gasteiger charge is 2.40. The summed E-state index contributed by atoms with van der Waals surface area (Å²) in [6.45, 7) is 6.05. The van der Waals surface area contributed by atoms with Crippen LogP contribution in [0.2, 0.25) is 0 Å². The third kappa shape index (κ3) is 2.74. The first-order valence-electron chi connectivity index (χ1n) is 10.0. The smallest absolute Gasteiger partial charge is 0.195 e. The Morgan fingerprint density at radius 1 is 1.17 bits per heavy atom. The van der Waals surface area contributed by atoms with Crippen molar-refractivity contribution in [3.63, 3.8) is 0 Å². The normalized spacial score (nSPS) is 18.5. The molecule has 0 saturated carbocycles. The highest BCUT2D eigenvalue weighted by atomic mass is 19.1. The molecule has 0 spiro atoms. The summed E-state index contributed by atoms with van der Waals surface area (Å²) in [4.78, 5) is 16.7. The third-order valence-electron chi connectivity index (χ3n) is 6.27. The molecule has 2 aromatic carbocycles. The van der Waals surface area contributed by atoms with E-state index in [4.69, 9.17) is 10.5 Å². The molecule has 0 atom stereocenters. The van der Waals surface area contributed by atoms with Gasteiger partial charge >= 0.3 is 0 Å². The molecular formula is C23H24FN3O2. The number of nitrogens with two attached hydrogens (primary N) is 1. The Bertz CT molecular complexity index is 1140. The minimum absolute atomic E-state index is 0.0662. The quantitative estimate of drug-likeness (QED) is 0.577. The summed E-state index contributed by atoms with van der Waals surface area (Å²) in [7, 11) is 0. The van der Waals surface area contributed by atoms with Crippen LogP contribution in [-0.4, -0.2) is 30.0 Å². The molecule has 1 aromatic heterocycles. The molecule has 1 fully saturated rings. The predicted molar refractivity (Wildman–Crippen MR) is 111 cm³/mol. The zero-order valence-corrected chi connectivity index (χ0v) is 16.6. The molecule has 150 valence electrons. The monoisotopic (exact) mass is 393 g/mol. The third-order valence-corrected chi connectivity index (χ3v) is 6.27. The first-order chi connectivity index (χ1) is 13.9. The van der Waals surface area contributed by atoms with Crippen LogP contribution in [0.15, 0.2) is 30.3 Å². The molecule has 5 nitrogen and oxygen atoms in total. The lowest BCUT2D eigenvalue weighted by atomic mass is 9.71. The van der Waals surface area contributed by atoms with Gasteiger partial charge in [0.2, 0.25) is 0 Å². The van der Waals surface area contributed by atoms with Gasteiger partial charge in [0.25, 0.3) is 0 Å². The Morgan fingerprint density at radius 3 is 2.69 bits per heavy atom. The molecule has 0 amide bonds. The number of ketones is 1. The van der Waals surface area contributed by atoms with E-state index in [0.717, 1.165) is 42.9 Å². The number of fused-ring (bicyclic) bond motifs is 4. The van der Waals surface area contributed by atoms with Crippen molar-refractivity contribution in [1.29, 1.82) is 0 Å². The molecule has 1 saturated heterocycles. The van der Waals surface area contributed by atoms with Gasteiger partial charge < -0.3 is 20.8 Å². The van der Waals surface area contributed by atoms with E-state index in [9.17, 15) is 9.18 Å². The molecule has 3 aromatic rings. The number of benzene rings is 2. The van der Waals surface area contributed by atoms with Gasteiger partial charge in [-0.3, -0.25) is 4.79 Å². The summed E-state index contributed by atoms with van der Waals surface area (Å²) >= 11 is 0. The molecular weight excluding hydrogens is 369 g/mol. The minimum Gasteiger partial charge on any atom is -0.490 e. The largest absolute Gasteiger partial charge is 0.490 e. The van der Waals surface area contributed by atoms with Crippen molar-refractivity contribution < 1.29 is 13.9 Å². The van der Waals surface area contributed by atoms with Gasteiger partial charge in [-0.25, -0.2) is 4.39 Å². The summed E-state index contributed by atoms with van der Waals surface area (Å²) in [5, 5.41) is 3.91.